The van der Waals surface area contributed by atoms with Crippen molar-refractivity contribution in [2.24, 2.45) is 0 Å². The van der Waals surface area contributed by atoms with Gasteiger partial charge in [0.15, 0.2) is 0 Å². The van der Waals surface area contributed by atoms with Gasteiger partial charge < -0.3 is 5.11 Å². The van der Waals surface area contributed by atoms with Crippen LogP contribution in [0.1, 0.15) is 18.4 Å². The van der Waals surface area contributed by atoms with Gasteiger partial charge in [-0.05, 0) is 48.7 Å². The van der Waals surface area contributed by atoms with Gasteiger partial charge in [0.25, 0.3) is 0 Å². The lowest BCUT2D eigenvalue weighted by molar-refractivity contribution is -0.00961. The molecular formula is C17H16Cl2FNO3S. The molecule has 1 fully saturated rings. The van der Waals surface area contributed by atoms with Crippen LogP contribution in [0.2, 0.25) is 10.0 Å². The monoisotopic (exact) mass is 403 g/mol. The second-order valence-corrected chi connectivity index (χ2v) is 8.80. The second-order valence-electron chi connectivity index (χ2n) is 6.02. The van der Waals surface area contributed by atoms with Gasteiger partial charge >= 0.3 is 0 Å². The SMILES string of the molecule is O=S(=O)(c1ccc(F)c(Cl)c1)N1CCC(O)(c2ccc(Cl)cc2)CC1. The summed E-state index contributed by atoms with van der Waals surface area (Å²) in [6.45, 7) is 0.299. The normalized spacial score (nSPS) is 18.2. The molecule has 2 aromatic rings. The van der Waals surface area contributed by atoms with E-state index in [0.29, 0.717) is 10.6 Å². The Morgan fingerprint density at radius 2 is 1.64 bits per heavy atom. The number of halogens is 3. The third-order valence-corrected chi connectivity index (χ3v) is 6.90. The molecule has 0 aliphatic carbocycles. The summed E-state index contributed by atoms with van der Waals surface area (Å²) in [5, 5.41) is 11.2. The summed E-state index contributed by atoms with van der Waals surface area (Å²) < 4.78 is 39.9. The predicted molar refractivity (Wildman–Crippen MR) is 94.8 cm³/mol. The largest absolute Gasteiger partial charge is 0.385 e. The molecule has 1 aliphatic heterocycles. The molecule has 0 radical (unpaired) electrons. The minimum atomic E-state index is -3.79. The van der Waals surface area contributed by atoms with Crippen LogP contribution >= 0.6 is 23.2 Å². The average molecular weight is 404 g/mol. The van der Waals surface area contributed by atoms with Crippen molar-refractivity contribution in [1.82, 2.24) is 4.31 Å². The van der Waals surface area contributed by atoms with Crippen molar-refractivity contribution in [2.45, 2.75) is 23.3 Å². The van der Waals surface area contributed by atoms with Crippen LogP contribution in [-0.4, -0.2) is 30.9 Å². The molecule has 0 atom stereocenters. The number of benzene rings is 2. The highest BCUT2D eigenvalue weighted by Gasteiger charge is 2.38. The lowest BCUT2D eigenvalue weighted by Gasteiger charge is -2.37. The van der Waals surface area contributed by atoms with Gasteiger partial charge in [0.05, 0.1) is 15.5 Å². The fraction of sp³-hybridized carbons (Fsp3) is 0.294. The Morgan fingerprint density at radius 1 is 1.04 bits per heavy atom. The van der Waals surface area contributed by atoms with E-state index in [0.717, 1.165) is 12.1 Å². The molecule has 0 amide bonds. The molecule has 8 heteroatoms. The topological polar surface area (TPSA) is 57.6 Å². The Balaban J connectivity index is 1.79. The number of sulfonamides is 1. The molecule has 2 aromatic carbocycles. The van der Waals surface area contributed by atoms with E-state index >= 15 is 0 Å². The maximum atomic E-state index is 13.3. The van der Waals surface area contributed by atoms with Crippen LogP contribution < -0.4 is 0 Å². The van der Waals surface area contributed by atoms with Gasteiger partial charge in [0.2, 0.25) is 10.0 Å². The number of piperidine rings is 1. The van der Waals surface area contributed by atoms with E-state index in [1.54, 1.807) is 24.3 Å². The van der Waals surface area contributed by atoms with E-state index in [2.05, 4.69) is 0 Å². The summed E-state index contributed by atoms with van der Waals surface area (Å²) in [7, 11) is -3.79. The Labute approximate surface area is 155 Å². The fourth-order valence-corrected chi connectivity index (χ4v) is 4.77. The van der Waals surface area contributed by atoms with Crippen LogP contribution in [0.15, 0.2) is 47.4 Å². The van der Waals surface area contributed by atoms with Crippen LogP contribution in [0.4, 0.5) is 4.39 Å². The Kier molecular flexibility index (Phi) is 5.10. The van der Waals surface area contributed by atoms with E-state index in [1.807, 2.05) is 0 Å². The van der Waals surface area contributed by atoms with Crippen LogP contribution in [-0.2, 0) is 15.6 Å². The molecule has 0 saturated carbocycles. The highest BCUT2D eigenvalue weighted by Crippen LogP contribution is 2.35. The Morgan fingerprint density at radius 3 is 2.20 bits per heavy atom. The Hall–Kier alpha value is -1.18. The molecule has 0 aromatic heterocycles. The third kappa shape index (κ3) is 3.68. The van der Waals surface area contributed by atoms with E-state index in [4.69, 9.17) is 23.2 Å². The fourth-order valence-electron chi connectivity index (χ4n) is 2.93. The van der Waals surface area contributed by atoms with Gasteiger partial charge in [-0.25, -0.2) is 12.8 Å². The number of aliphatic hydroxyl groups is 1. The number of hydrogen-bond acceptors (Lipinski definition) is 3. The standard InChI is InChI=1S/C17H16Cl2FNO3S/c18-13-3-1-12(2-4-13)17(22)7-9-21(10-8-17)25(23,24)14-5-6-16(20)15(19)11-14/h1-6,11,22H,7-10H2. The lowest BCUT2D eigenvalue weighted by Crippen LogP contribution is -2.45. The summed E-state index contributed by atoms with van der Waals surface area (Å²) in [4.78, 5) is -0.0594. The van der Waals surface area contributed by atoms with E-state index in [9.17, 15) is 17.9 Å². The first kappa shape index (κ1) is 18.6. The number of rotatable bonds is 3. The van der Waals surface area contributed by atoms with Gasteiger partial charge in [-0.3, -0.25) is 0 Å². The van der Waals surface area contributed by atoms with Crippen molar-refractivity contribution < 1.29 is 17.9 Å². The van der Waals surface area contributed by atoms with Crippen molar-refractivity contribution in [3.8, 4) is 0 Å². The molecule has 1 heterocycles. The van der Waals surface area contributed by atoms with E-state index < -0.39 is 21.4 Å². The summed E-state index contributed by atoms with van der Waals surface area (Å²) in [5.74, 6) is -0.670. The Bertz CT molecular complexity index is 879. The lowest BCUT2D eigenvalue weighted by atomic mass is 9.85. The summed E-state index contributed by atoms with van der Waals surface area (Å²) in [6, 6.07) is 10.2. The third-order valence-electron chi connectivity index (χ3n) is 4.46. The second kappa shape index (κ2) is 6.85. The van der Waals surface area contributed by atoms with Crippen molar-refractivity contribution in [3.05, 3.63) is 63.9 Å². The summed E-state index contributed by atoms with van der Waals surface area (Å²) in [6.07, 6.45) is 0.506. The average Bonchev–Trinajstić information content (AvgIpc) is 2.58. The quantitative estimate of drug-likeness (QED) is 0.847. The maximum Gasteiger partial charge on any atom is 0.243 e. The van der Waals surface area contributed by atoms with Gasteiger partial charge in [-0.1, -0.05) is 35.3 Å². The van der Waals surface area contributed by atoms with Crippen molar-refractivity contribution in [3.63, 3.8) is 0 Å². The van der Waals surface area contributed by atoms with Crippen LogP contribution in [0.5, 0.6) is 0 Å². The highest BCUT2D eigenvalue weighted by molar-refractivity contribution is 7.89. The van der Waals surface area contributed by atoms with Crippen LogP contribution in [0, 0.1) is 5.82 Å². The molecule has 134 valence electrons. The van der Waals surface area contributed by atoms with Crippen molar-refractivity contribution in [2.75, 3.05) is 13.1 Å². The van der Waals surface area contributed by atoms with Crippen molar-refractivity contribution in [1.29, 1.82) is 0 Å². The maximum absolute atomic E-state index is 13.3. The van der Waals surface area contributed by atoms with E-state index in [1.165, 1.54) is 10.4 Å². The first-order chi connectivity index (χ1) is 11.7. The number of hydrogen-bond donors (Lipinski definition) is 1. The van der Waals surface area contributed by atoms with Gasteiger partial charge in [-0.2, -0.15) is 4.31 Å². The van der Waals surface area contributed by atoms with Gasteiger partial charge in [0.1, 0.15) is 5.82 Å². The molecule has 1 saturated heterocycles. The molecule has 0 bridgehead atoms. The first-order valence-electron chi connectivity index (χ1n) is 7.66. The minimum absolute atomic E-state index is 0.0594. The van der Waals surface area contributed by atoms with Crippen LogP contribution in [0.3, 0.4) is 0 Å². The molecule has 3 rings (SSSR count). The highest BCUT2D eigenvalue weighted by atomic mass is 35.5. The van der Waals surface area contributed by atoms with Crippen molar-refractivity contribution >= 4 is 33.2 Å². The minimum Gasteiger partial charge on any atom is -0.385 e. The molecule has 4 nitrogen and oxygen atoms in total. The van der Waals surface area contributed by atoms with E-state index in [-0.39, 0.29) is 35.8 Å². The molecule has 25 heavy (non-hydrogen) atoms. The van der Waals surface area contributed by atoms with Gasteiger partial charge in [0, 0.05) is 18.1 Å². The van der Waals surface area contributed by atoms with Crippen LogP contribution in [0.25, 0.3) is 0 Å². The molecule has 0 unspecified atom stereocenters. The predicted octanol–water partition coefficient (Wildman–Crippen LogP) is 3.80. The number of nitrogens with zero attached hydrogens (tertiary/aromatic N) is 1. The molecule has 0 spiro atoms. The van der Waals surface area contributed by atoms with Gasteiger partial charge in [-0.15, -0.1) is 0 Å². The smallest absolute Gasteiger partial charge is 0.243 e. The zero-order chi connectivity index (χ0) is 18.2. The molecular weight excluding hydrogens is 388 g/mol. The summed E-state index contributed by atoms with van der Waals surface area (Å²) >= 11 is 11.6. The molecule has 1 N–H and O–H groups in total. The molecule has 1 aliphatic rings. The first-order valence-corrected chi connectivity index (χ1v) is 9.86. The summed E-state index contributed by atoms with van der Waals surface area (Å²) in [5.41, 5.74) is -0.393. The zero-order valence-electron chi connectivity index (χ0n) is 13.1. The zero-order valence-corrected chi connectivity index (χ0v) is 15.5.